The van der Waals surface area contributed by atoms with Crippen molar-refractivity contribution in [3.8, 4) is 17.2 Å². The molecular formula is C21H15ClF4N6O. The number of fused-ring (bicyclic) bond motifs is 2. The summed E-state index contributed by atoms with van der Waals surface area (Å²) >= 11 is 6.05. The number of nitriles is 1. The Morgan fingerprint density at radius 3 is 2.73 bits per heavy atom. The molecule has 0 atom stereocenters. The predicted octanol–water partition coefficient (Wildman–Crippen LogP) is 4.76. The Hall–Kier alpha value is -3.49. The number of pyridine rings is 1. The minimum Gasteiger partial charge on any atom is -0.390 e. The third kappa shape index (κ3) is 4.03. The van der Waals surface area contributed by atoms with Crippen molar-refractivity contribution >= 4 is 34.0 Å². The lowest BCUT2D eigenvalue weighted by molar-refractivity contribution is -0.0373. The molecule has 0 aliphatic carbocycles. The highest BCUT2D eigenvalue weighted by Crippen LogP contribution is 2.38. The van der Waals surface area contributed by atoms with Crippen molar-refractivity contribution < 1.29 is 22.7 Å². The summed E-state index contributed by atoms with van der Waals surface area (Å²) in [4.78, 5) is 8.56. The van der Waals surface area contributed by atoms with Crippen molar-refractivity contribution in [1.82, 2.24) is 19.6 Å². The molecule has 7 nitrogen and oxygen atoms in total. The first-order valence-electron chi connectivity index (χ1n) is 9.55. The maximum Gasteiger partial charge on any atom is 0.287 e. The molecule has 0 saturated heterocycles. The molecule has 0 unspecified atom stereocenters. The van der Waals surface area contributed by atoms with Crippen molar-refractivity contribution in [3.63, 3.8) is 0 Å². The second kappa shape index (κ2) is 8.46. The van der Waals surface area contributed by atoms with Gasteiger partial charge in [-0.3, -0.25) is 4.98 Å². The van der Waals surface area contributed by atoms with E-state index in [4.69, 9.17) is 16.7 Å². The predicted molar refractivity (Wildman–Crippen MR) is 114 cm³/mol. The molecule has 33 heavy (non-hydrogen) atoms. The van der Waals surface area contributed by atoms with E-state index in [1.807, 2.05) is 0 Å². The summed E-state index contributed by atoms with van der Waals surface area (Å²) in [5.74, 6) is -3.60. The summed E-state index contributed by atoms with van der Waals surface area (Å²) < 4.78 is 55.8. The smallest absolute Gasteiger partial charge is 0.287 e. The molecule has 4 rings (SSSR count). The molecule has 3 aromatic heterocycles. The van der Waals surface area contributed by atoms with Gasteiger partial charge in [0.1, 0.15) is 29.8 Å². The summed E-state index contributed by atoms with van der Waals surface area (Å²) in [7, 11) is 0. The number of benzene rings is 1. The highest BCUT2D eigenvalue weighted by molar-refractivity contribution is 6.31. The van der Waals surface area contributed by atoms with E-state index in [0.29, 0.717) is 27.1 Å². The van der Waals surface area contributed by atoms with Crippen molar-refractivity contribution in [2.24, 2.45) is 0 Å². The molecule has 0 spiro atoms. The fourth-order valence-corrected chi connectivity index (χ4v) is 3.70. The lowest BCUT2D eigenvalue weighted by Gasteiger charge is -2.20. The number of halogens is 5. The number of aryl methyl sites for hydroxylation is 1. The van der Waals surface area contributed by atoms with E-state index in [1.54, 1.807) is 37.3 Å². The summed E-state index contributed by atoms with van der Waals surface area (Å²) in [6.45, 7) is -0.886. The van der Waals surface area contributed by atoms with E-state index >= 15 is 0 Å². The number of alkyl halides is 4. The van der Waals surface area contributed by atoms with Crippen LogP contribution in [0.2, 0.25) is 5.02 Å². The van der Waals surface area contributed by atoms with Gasteiger partial charge in [-0.15, -0.1) is 0 Å². The second-order valence-corrected chi connectivity index (χ2v) is 7.65. The Bertz CT molecular complexity index is 1420. The van der Waals surface area contributed by atoms with Gasteiger partial charge in [0.15, 0.2) is 5.65 Å². The van der Waals surface area contributed by atoms with Crippen LogP contribution in [0, 0.1) is 18.3 Å². The molecule has 0 bridgehead atoms. The van der Waals surface area contributed by atoms with Gasteiger partial charge in [-0.25, -0.2) is 22.5 Å². The average Bonchev–Trinajstić information content (AvgIpc) is 3.15. The van der Waals surface area contributed by atoms with Gasteiger partial charge in [0.25, 0.3) is 12.3 Å². The Morgan fingerprint density at radius 2 is 2.06 bits per heavy atom. The van der Waals surface area contributed by atoms with Crippen molar-refractivity contribution in [2.45, 2.75) is 19.3 Å². The highest BCUT2D eigenvalue weighted by Gasteiger charge is 2.31. The number of nitrogens with zero attached hydrogens (tertiary/aromatic N) is 5. The summed E-state index contributed by atoms with van der Waals surface area (Å²) in [6.07, 6.45) is -1.60. The molecule has 0 aliphatic heterocycles. The number of hydrogen-bond donors (Lipinski definition) is 2. The van der Waals surface area contributed by atoms with Crippen LogP contribution < -0.4 is 5.32 Å². The van der Waals surface area contributed by atoms with E-state index in [2.05, 4.69) is 20.4 Å². The SMILES string of the molecule is Cc1nc2c(C#N)c(C(F)F)nn2c(NCC(F)(F)CO)c1-c1ccnc2cc(Cl)ccc12. The first-order valence-corrected chi connectivity index (χ1v) is 9.93. The van der Waals surface area contributed by atoms with E-state index in [1.165, 1.54) is 6.20 Å². The van der Waals surface area contributed by atoms with E-state index in [-0.39, 0.29) is 17.2 Å². The summed E-state index contributed by atoms with van der Waals surface area (Å²) in [6, 6.07) is 8.21. The van der Waals surface area contributed by atoms with Gasteiger partial charge in [-0.05, 0) is 30.7 Å². The fraction of sp³-hybridized carbons (Fsp3) is 0.238. The van der Waals surface area contributed by atoms with Crippen molar-refractivity contribution in [1.29, 1.82) is 5.26 Å². The Labute approximate surface area is 189 Å². The topological polar surface area (TPSA) is 99.1 Å². The molecule has 1 aromatic carbocycles. The molecule has 3 heterocycles. The molecule has 0 fully saturated rings. The van der Waals surface area contributed by atoms with Gasteiger partial charge < -0.3 is 10.4 Å². The van der Waals surface area contributed by atoms with Gasteiger partial charge in [-0.2, -0.15) is 14.9 Å². The Balaban J connectivity index is 2.07. The fourth-order valence-electron chi connectivity index (χ4n) is 3.53. The molecule has 0 radical (unpaired) electrons. The third-order valence-corrected chi connectivity index (χ3v) is 5.25. The van der Waals surface area contributed by atoms with Gasteiger partial charge in [-0.1, -0.05) is 17.7 Å². The lowest BCUT2D eigenvalue weighted by atomic mass is 10.00. The van der Waals surface area contributed by atoms with Crippen molar-refractivity contribution in [2.75, 3.05) is 18.5 Å². The molecule has 4 aromatic rings. The number of aliphatic hydroxyl groups is 1. The molecule has 0 aliphatic rings. The van der Waals surface area contributed by atoms with Crippen LogP contribution in [0.4, 0.5) is 23.4 Å². The number of anilines is 1. The maximum absolute atomic E-state index is 13.9. The standard InChI is InChI=1S/C21H15ClF4N6O/c1-10-16(13-4-5-28-15-6-11(22)2-3-12(13)15)20(29-8-21(25,26)9-33)32-19(30-10)14(7-27)17(31-32)18(23)24/h2-6,18,29,33H,8-9H2,1H3. The highest BCUT2D eigenvalue weighted by atomic mass is 35.5. The van der Waals surface area contributed by atoms with E-state index in [0.717, 1.165) is 4.52 Å². The minimum atomic E-state index is -3.51. The van der Waals surface area contributed by atoms with Crippen molar-refractivity contribution in [3.05, 3.63) is 52.4 Å². The van der Waals surface area contributed by atoms with Crippen LogP contribution in [0.5, 0.6) is 0 Å². The van der Waals surface area contributed by atoms with Gasteiger partial charge in [0.2, 0.25) is 0 Å². The van der Waals surface area contributed by atoms with Gasteiger partial charge in [0, 0.05) is 22.2 Å². The Kier molecular flexibility index (Phi) is 5.82. The first-order chi connectivity index (χ1) is 15.7. The van der Waals surface area contributed by atoms with Crippen LogP contribution >= 0.6 is 11.6 Å². The van der Waals surface area contributed by atoms with Crippen LogP contribution in [0.3, 0.4) is 0 Å². The molecule has 0 saturated carbocycles. The number of rotatable bonds is 6. The summed E-state index contributed by atoms with van der Waals surface area (Å²) in [5, 5.41) is 25.7. The normalized spacial score (nSPS) is 12.0. The molecule has 12 heteroatoms. The molecule has 0 amide bonds. The van der Waals surface area contributed by atoms with Gasteiger partial charge in [0.05, 0.1) is 17.8 Å². The first kappa shape index (κ1) is 22.7. The third-order valence-electron chi connectivity index (χ3n) is 5.01. The maximum atomic E-state index is 13.9. The van der Waals surface area contributed by atoms with E-state index < -0.39 is 36.8 Å². The molecular weight excluding hydrogens is 464 g/mol. The summed E-state index contributed by atoms with van der Waals surface area (Å²) in [5.41, 5.74) is 0.109. The largest absolute Gasteiger partial charge is 0.390 e. The van der Waals surface area contributed by atoms with Crippen LogP contribution in [0.25, 0.3) is 27.7 Å². The monoisotopic (exact) mass is 478 g/mol. The van der Waals surface area contributed by atoms with Crippen LogP contribution in [0.15, 0.2) is 30.5 Å². The average molecular weight is 479 g/mol. The zero-order valence-electron chi connectivity index (χ0n) is 17.0. The quantitative estimate of drug-likeness (QED) is 0.388. The van der Waals surface area contributed by atoms with Gasteiger partial charge >= 0.3 is 0 Å². The van der Waals surface area contributed by atoms with Crippen LogP contribution in [-0.4, -0.2) is 43.8 Å². The number of aromatic nitrogens is 4. The van der Waals surface area contributed by atoms with Crippen LogP contribution in [-0.2, 0) is 0 Å². The zero-order valence-corrected chi connectivity index (χ0v) is 17.7. The zero-order chi connectivity index (χ0) is 23.9. The minimum absolute atomic E-state index is 0.0866. The number of hydrogen-bond acceptors (Lipinski definition) is 6. The lowest BCUT2D eigenvalue weighted by Crippen LogP contribution is -2.32. The number of aliphatic hydroxyl groups excluding tert-OH is 1. The molecule has 170 valence electrons. The number of nitrogens with one attached hydrogen (secondary N) is 1. The Morgan fingerprint density at radius 1 is 1.30 bits per heavy atom. The second-order valence-electron chi connectivity index (χ2n) is 7.22. The molecule has 2 N–H and O–H groups in total. The van der Waals surface area contributed by atoms with E-state index in [9.17, 15) is 22.8 Å². The van der Waals surface area contributed by atoms with Crippen LogP contribution in [0.1, 0.15) is 23.4 Å².